The van der Waals surface area contributed by atoms with E-state index >= 15 is 0 Å². The Bertz CT molecular complexity index is 390. The molecule has 0 amide bonds. The summed E-state index contributed by atoms with van der Waals surface area (Å²) < 4.78 is 0. The molecule has 106 valence electrons. The standard InChI is InChI=1S/C17H27NS/c1-14(2)10-11-19-17-8-6-16(7-9-17)12-15(3)13-18(4)5/h6-9,12,14H,10-11,13H2,1-5H3. The molecule has 1 aromatic carbocycles. The van der Waals surface area contributed by atoms with Crippen molar-refractivity contribution in [2.75, 3.05) is 26.4 Å². The zero-order valence-electron chi connectivity index (χ0n) is 12.9. The van der Waals surface area contributed by atoms with E-state index in [2.05, 4.69) is 70.1 Å². The highest BCUT2D eigenvalue weighted by molar-refractivity contribution is 7.99. The summed E-state index contributed by atoms with van der Waals surface area (Å²) >= 11 is 1.96. The molecule has 0 aliphatic carbocycles. The second-order valence-electron chi connectivity index (χ2n) is 5.83. The first kappa shape index (κ1) is 16.3. The number of hydrogen-bond acceptors (Lipinski definition) is 2. The van der Waals surface area contributed by atoms with Crippen LogP contribution in [-0.4, -0.2) is 31.3 Å². The molecule has 0 unspecified atom stereocenters. The molecule has 0 spiro atoms. The minimum atomic E-state index is 0.795. The van der Waals surface area contributed by atoms with Crippen LogP contribution in [0, 0.1) is 5.92 Å². The van der Waals surface area contributed by atoms with Crippen molar-refractivity contribution in [3.8, 4) is 0 Å². The van der Waals surface area contributed by atoms with Crippen LogP contribution in [0.4, 0.5) is 0 Å². The number of benzene rings is 1. The van der Waals surface area contributed by atoms with E-state index in [1.54, 1.807) is 0 Å². The van der Waals surface area contributed by atoms with Crippen LogP contribution in [0.15, 0.2) is 34.7 Å². The van der Waals surface area contributed by atoms with Gasteiger partial charge in [-0.25, -0.2) is 0 Å². The van der Waals surface area contributed by atoms with E-state index in [9.17, 15) is 0 Å². The second-order valence-corrected chi connectivity index (χ2v) is 7.00. The largest absolute Gasteiger partial charge is 0.305 e. The molecule has 0 fully saturated rings. The number of hydrogen-bond donors (Lipinski definition) is 0. The van der Waals surface area contributed by atoms with Gasteiger partial charge in [0, 0.05) is 11.4 Å². The summed E-state index contributed by atoms with van der Waals surface area (Å²) in [6.07, 6.45) is 3.55. The van der Waals surface area contributed by atoms with Gasteiger partial charge in [-0.1, -0.05) is 37.6 Å². The van der Waals surface area contributed by atoms with Gasteiger partial charge in [-0.3, -0.25) is 0 Å². The molecule has 0 aromatic heterocycles. The molecular formula is C17H27NS. The third-order valence-electron chi connectivity index (χ3n) is 2.82. The Labute approximate surface area is 123 Å². The lowest BCUT2D eigenvalue weighted by atomic mass is 10.1. The van der Waals surface area contributed by atoms with Crippen molar-refractivity contribution >= 4 is 17.8 Å². The molecule has 1 nitrogen and oxygen atoms in total. The van der Waals surface area contributed by atoms with Gasteiger partial charge in [0.1, 0.15) is 0 Å². The predicted octanol–water partition coefficient (Wildman–Crippen LogP) is 4.79. The van der Waals surface area contributed by atoms with E-state index in [1.807, 2.05) is 11.8 Å². The zero-order chi connectivity index (χ0) is 14.3. The summed E-state index contributed by atoms with van der Waals surface area (Å²) in [6, 6.07) is 8.91. The van der Waals surface area contributed by atoms with Gasteiger partial charge in [-0.05, 0) is 56.8 Å². The minimum Gasteiger partial charge on any atom is -0.305 e. The summed E-state index contributed by atoms with van der Waals surface area (Å²) in [5, 5.41) is 0. The predicted molar refractivity (Wildman–Crippen MR) is 88.8 cm³/mol. The van der Waals surface area contributed by atoms with Crippen molar-refractivity contribution in [1.29, 1.82) is 0 Å². The average molecular weight is 277 g/mol. The average Bonchev–Trinajstić information content (AvgIpc) is 2.29. The molecule has 0 radical (unpaired) electrons. The molecule has 0 aliphatic heterocycles. The highest BCUT2D eigenvalue weighted by Gasteiger charge is 1.98. The van der Waals surface area contributed by atoms with E-state index in [1.165, 1.54) is 28.2 Å². The van der Waals surface area contributed by atoms with Crippen molar-refractivity contribution in [2.24, 2.45) is 5.92 Å². The van der Waals surface area contributed by atoms with Crippen molar-refractivity contribution in [3.05, 3.63) is 35.4 Å². The molecule has 0 bridgehead atoms. The zero-order valence-corrected chi connectivity index (χ0v) is 13.8. The molecule has 0 saturated carbocycles. The normalized spacial score (nSPS) is 12.5. The van der Waals surface area contributed by atoms with Crippen LogP contribution >= 0.6 is 11.8 Å². The van der Waals surface area contributed by atoms with E-state index in [-0.39, 0.29) is 0 Å². The molecule has 19 heavy (non-hydrogen) atoms. The van der Waals surface area contributed by atoms with Gasteiger partial charge in [0.2, 0.25) is 0 Å². The van der Waals surface area contributed by atoms with Gasteiger partial charge < -0.3 is 4.90 Å². The molecule has 1 rings (SSSR count). The summed E-state index contributed by atoms with van der Waals surface area (Å²) in [7, 11) is 4.21. The summed E-state index contributed by atoms with van der Waals surface area (Å²) in [5.41, 5.74) is 2.69. The number of rotatable bonds is 7. The van der Waals surface area contributed by atoms with Crippen LogP contribution in [0.2, 0.25) is 0 Å². The Morgan fingerprint density at radius 1 is 1.21 bits per heavy atom. The minimum absolute atomic E-state index is 0.795. The number of likely N-dealkylation sites (N-methyl/N-ethyl adjacent to an activating group) is 1. The van der Waals surface area contributed by atoms with Crippen molar-refractivity contribution in [2.45, 2.75) is 32.1 Å². The van der Waals surface area contributed by atoms with Crippen LogP contribution < -0.4 is 0 Å². The molecule has 0 atom stereocenters. The van der Waals surface area contributed by atoms with E-state index in [0.29, 0.717) is 0 Å². The van der Waals surface area contributed by atoms with Crippen LogP contribution in [-0.2, 0) is 0 Å². The van der Waals surface area contributed by atoms with Crippen molar-refractivity contribution < 1.29 is 0 Å². The fourth-order valence-electron chi connectivity index (χ4n) is 1.90. The van der Waals surface area contributed by atoms with Gasteiger partial charge in [0.15, 0.2) is 0 Å². The van der Waals surface area contributed by atoms with Crippen LogP contribution in [0.5, 0.6) is 0 Å². The lowest BCUT2D eigenvalue weighted by molar-refractivity contribution is 0.446. The maximum atomic E-state index is 2.28. The summed E-state index contributed by atoms with van der Waals surface area (Å²) in [4.78, 5) is 3.57. The Morgan fingerprint density at radius 2 is 1.84 bits per heavy atom. The van der Waals surface area contributed by atoms with E-state index in [0.717, 1.165) is 12.5 Å². The van der Waals surface area contributed by atoms with E-state index in [4.69, 9.17) is 0 Å². The van der Waals surface area contributed by atoms with Gasteiger partial charge in [-0.2, -0.15) is 0 Å². The van der Waals surface area contributed by atoms with Gasteiger partial charge in [0.25, 0.3) is 0 Å². The van der Waals surface area contributed by atoms with Crippen LogP contribution in [0.3, 0.4) is 0 Å². The lowest BCUT2D eigenvalue weighted by Gasteiger charge is -2.09. The Kier molecular flexibility index (Phi) is 7.25. The summed E-state index contributed by atoms with van der Waals surface area (Å²) in [5.74, 6) is 2.01. The molecule has 0 saturated heterocycles. The highest BCUT2D eigenvalue weighted by atomic mass is 32.2. The SMILES string of the molecule is CC(=Cc1ccc(SCCC(C)C)cc1)CN(C)C. The summed E-state index contributed by atoms with van der Waals surface area (Å²) in [6.45, 7) is 7.76. The fourth-order valence-corrected chi connectivity index (χ4v) is 3.06. The van der Waals surface area contributed by atoms with Crippen LogP contribution in [0.1, 0.15) is 32.8 Å². The smallest absolute Gasteiger partial charge is 0.0187 e. The number of nitrogens with zero attached hydrogens (tertiary/aromatic N) is 1. The van der Waals surface area contributed by atoms with Gasteiger partial charge in [-0.15, -0.1) is 11.8 Å². The molecule has 1 aromatic rings. The maximum absolute atomic E-state index is 2.28. The Hall–Kier alpha value is -0.730. The molecule has 0 N–H and O–H groups in total. The molecular weight excluding hydrogens is 250 g/mol. The second kappa shape index (κ2) is 8.44. The van der Waals surface area contributed by atoms with E-state index < -0.39 is 0 Å². The Balaban J connectivity index is 2.51. The fraction of sp³-hybridized carbons (Fsp3) is 0.529. The first-order valence-electron chi connectivity index (χ1n) is 7.02. The third kappa shape index (κ3) is 7.44. The van der Waals surface area contributed by atoms with Crippen LogP contribution in [0.25, 0.3) is 6.08 Å². The maximum Gasteiger partial charge on any atom is 0.0187 e. The first-order valence-corrected chi connectivity index (χ1v) is 8.00. The Morgan fingerprint density at radius 3 is 2.37 bits per heavy atom. The van der Waals surface area contributed by atoms with Crippen molar-refractivity contribution in [3.63, 3.8) is 0 Å². The third-order valence-corrected chi connectivity index (χ3v) is 3.87. The molecule has 0 heterocycles. The lowest BCUT2D eigenvalue weighted by Crippen LogP contribution is -2.13. The first-order chi connectivity index (χ1) is 8.97. The highest BCUT2D eigenvalue weighted by Crippen LogP contribution is 2.21. The van der Waals surface area contributed by atoms with Crippen molar-refractivity contribution in [1.82, 2.24) is 4.90 Å². The quantitative estimate of drug-likeness (QED) is 0.659. The molecule has 2 heteroatoms. The van der Waals surface area contributed by atoms with Gasteiger partial charge >= 0.3 is 0 Å². The van der Waals surface area contributed by atoms with Gasteiger partial charge in [0.05, 0.1) is 0 Å². The number of thioether (sulfide) groups is 1. The molecule has 0 aliphatic rings. The topological polar surface area (TPSA) is 3.24 Å². The monoisotopic (exact) mass is 277 g/mol.